The molecule has 3 nitrogen and oxygen atoms in total. The monoisotopic (exact) mass is 211 g/mol. The van der Waals surface area contributed by atoms with Crippen LogP contribution >= 0.6 is 0 Å². The number of aliphatic hydroxyl groups is 1. The zero-order valence-corrected chi connectivity index (χ0v) is 9.32. The second kappa shape index (κ2) is 3.72. The SMILES string of the molecule is OC1(C2CCCOC2)CCN(C2CC2)C1. The molecule has 1 N–H and O–H groups in total. The van der Waals surface area contributed by atoms with Crippen molar-refractivity contribution in [2.75, 3.05) is 26.3 Å². The van der Waals surface area contributed by atoms with E-state index in [1.165, 1.54) is 12.8 Å². The van der Waals surface area contributed by atoms with Crippen LogP contribution in [0.2, 0.25) is 0 Å². The van der Waals surface area contributed by atoms with E-state index in [2.05, 4.69) is 4.90 Å². The maximum absolute atomic E-state index is 10.6. The van der Waals surface area contributed by atoms with Gasteiger partial charge in [0, 0.05) is 31.7 Å². The van der Waals surface area contributed by atoms with Gasteiger partial charge in [0.25, 0.3) is 0 Å². The van der Waals surface area contributed by atoms with Gasteiger partial charge in [0.2, 0.25) is 0 Å². The lowest BCUT2D eigenvalue weighted by Crippen LogP contribution is -2.44. The van der Waals surface area contributed by atoms with Crippen LogP contribution in [-0.4, -0.2) is 48.0 Å². The fourth-order valence-electron chi connectivity index (χ4n) is 3.10. The summed E-state index contributed by atoms with van der Waals surface area (Å²) < 4.78 is 5.49. The summed E-state index contributed by atoms with van der Waals surface area (Å²) in [5.41, 5.74) is -0.441. The van der Waals surface area contributed by atoms with Crippen molar-refractivity contribution in [2.45, 2.75) is 43.7 Å². The van der Waals surface area contributed by atoms with Crippen LogP contribution in [0.5, 0.6) is 0 Å². The Labute approximate surface area is 91.4 Å². The van der Waals surface area contributed by atoms with E-state index >= 15 is 0 Å². The standard InChI is InChI=1S/C12H21NO2/c14-12(10-2-1-7-15-8-10)5-6-13(9-12)11-3-4-11/h10-11,14H,1-9H2. The lowest BCUT2D eigenvalue weighted by molar-refractivity contribution is -0.0720. The van der Waals surface area contributed by atoms with Gasteiger partial charge in [-0.1, -0.05) is 0 Å². The Balaban J connectivity index is 1.63. The Bertz CT molecular complexity index is 236. The highest BCUT2D eigenvalue weighted by Gasteiger charge is 2.46. The van der Waals surface area contributed by atoms with E-state index in [1.54, 1.807) is 0 Å². The molecule has 1 aliphatic carbocycles. The van der Waals surface area contributed by atoms with Crippen molar-refractivity contribution in [1.82, 2.24) is 4.90 Å². The number of likely N-dealkylation sites (tertiary alicyclic amines) is 1. The number of ether oxygens (including phenoxy) is 1. The zero-order valence-electron chi connectivity index (χ0n) is 9.32. The van der Waals surface area contributed by atoms with Crippen LogP contribution in [0.3, 0.4) is 0 Å². The molecule has 2 atom stereocenters. The summed E-state index contributed by atoms with van der Waals surface area (Å²) in [6, 6.07) is 0.795. The summed E-state index contributed by atoms with van der Waals surface area (Å²) in [5.74, 6) is 0.384. The molecule has 3 aliphatic rings. The molecule has 3 heteroatoms. The fraction of sp³-hybridized carbons (Fsp3) is 1.00. The molecule has 0 radical (unpaired) electrons. The van der Waals surface area contributed by atoms with E-state index in [4.69, 9.17) is 4.74 Å². The summed E-state index contributed by atoms with van der Waals surface area (Å²) in [5, 5.41) is 10.6. The van der Waals surface area contributed by atoms with E-state index in [-0.39, 0.29) is 0 Å². The van der Waals surface area contributed by atoms with Gasteiger partial charge >= 0.3 is 0 Å². The van der Waals surface area contributed by atoms with Crippen molar-refractivity contribution in [3.63, 3.8) is 0 Å². The third kappa shape index (κ3) is 1.93. The molecule has 3 rings (SSSR count). The first kappa shape index (κ1) is 10.1. The Hall–Kier alpha value is -0.120. The molecule has 15 heavy (non-hydrogen) atoms. The minimum atomic E-state index is -0.441. The van der Waals surface area contributed by atoms with Crippen LogP contribution in [0.15, 0.2) is 0 Å². The fourth-order valence-corrected chi connectivity index (χ4v) is 3.10. The molecule has 0 amide bonds. The number of hydrogen-bond donors (Lipinski definition) is 1. The van der Waals surface area contributed by atoms with Gasteiger partial charge in [0.1, 0.15) is 0 Å². The summed E-state index contributed by atoms with van der Waals surface area (Å²) in [6.07, 6.45) is 5.91. The highest BCUT2D eigenvalue weighted by Crippen LogP contribution is 2.38. The van der Waals surface area contributed by atoms with E-state index in [0.29, 0.717) is 5.92 Å². The largest absolute Gasteiger partial charge is 0.388 e. The Morgan fingerprint density at radius 2 is 2.13 bits per heavy atom. The second-order valence-electron chi connectivity index (χ2n) is 5.47. The molecule has 2 aliphatic heterocycles. The predicted octanol–water partition coefficient (Wildman–Crippen LogP) is 1.01. The van der Waals surface area contributed by atoms with Crippen molar-refractivity contribution < 1.29 is 9.84 Å². The van der Waals surface area contributed by atoms with Gasteiger partial charge in [-0.15, -0.1) is 0 Å². The van der Waals surface area contributed by atoms with E-state index in [9.17, 15) is 5.11 Å². The van der Waals surface area contributed by atoms with Crippen LogP contribution in [-0.2, 0) is 4.74 Å². The highest BCUT2D eigenvalue weighted by atomic mass is 16.5. The van der Waals surface area contributed by atoms with Crippen LogP contribution in [0, 0.1) is 5.92 Å². The van der Waals surface area contributed by atoms with Crippen molar-refractivity contribution >= 4 is 0 Å². The number of rotatable bonds is 2. The second-order valence-corrected chi connectivity index (χ2v) is 5.47. The van der Waals surface area contributed by atoms with Crippen molar-refractivity contribution in [3.8, 4) is 0 Å². The lowest BCUT2D eigenvalue weighted by Gasteiger charge is -2.35. The van der Waals surface area contributed by atoms with E-state index in [0.717, 1.165) is 51.6 Å². The number of hydrogen-bond acceptors (Lipinski definition) is 3. The molecular weight excluding hydrogens is 190 g/mol. The molecule has 1 saturated carbocycles. The maximum atomic E-state index is 10.6. The molecule has 2 heterocycles. The first-order chi connectivity index (χ1) is 7.28. The summed E-state index contributed by atoms with van der Waals surface area (Å²) in [6.45, 7) is 3.65. The predicted molar refractivity (Wildman–Crippen MR) is 57.7 cm³/mol. The summed E-state index contributed by atoms with van der Waals surface area (Å²) in [4.78, 5) is 2.48. The minimum Gasteiger partial charge on any atom is -0.388 e. The first-order valence-corrected chi connectivity index (χ1v) is 6.32. The molecule has 2 saturated heterocycles. The van der Waals surface area contributed by atoms with Crippen molar-refractivity contribution in [3.05, 3.63) is 0 Å². The topological polar surface area (TPSA) is 32.7 Å². The van der Waals surface area contributed by atoms with E-state index in [1.807, 2.05) is 0 Å². The molecule has 3 fully saturated rings. The highest BCUT2D eigenvalue weighted by molar-refractivity contribution is 5.00. The maximum Gasteiger partial charge on any atom is 0.0836 e. The average Bonchev–Trinajstić information content (AvgIpc) is 3.04. The Morgan fingerprint density at radius 3 is 2.80 bits per heavy atom. The van der Waals surface area contributed by atoms with Crippen LogP contribution < -0.4 is 0 Å². The summed E-state index contributed by atoms with van der Waals surface area (Å²) >= 11 is 0. The molecule has 86 valence electrons. The molecule has 0 aromatic carbocycles. The molecular formula is C12H21NO2. The van der Waals surface area contributed by atoms with Crippen molar-refractivity contribution in [1.29, 1.82) is 0 Å². The molecule has 0 aromatic rings. The molecule has 0 aromatic heterocycles. The molecule has 0 spiro atoms. The molecule has 2 unspecified atom stereocenters. The first-order valence-electron chi connectivity index (χ1n) is 6.32. The third-order valence-corrected chi connectivity index (χ3v) is 4.29. The van der Waals surface area contributed by atoms with Crippen LogP contribution in [0.1, 0.15) is 32.1 Å². The van der Waals surface area contributed by atoms with Gasteiger partial charge in [0.05, 0.1) is 12.2 Å². The normalized spacial score (nSPS) is 43.4. The van der Waals surface area contributed by atoms with E-state index < -0.39 is 5.60 Å². The lowest BCUT2D eigenvalue weighted by atomic mass is 9.83. The minimum absolute atomic E-state index is 0.384. The van der Waals surface area contributed by atoms with Crippen molar-refractivity contribution in [2.24, 2.45) is 5.92 Å². The zero-order chi connectivity index (χ0) is 10.3. The average molecular weight is 211 g/mol. The smallest absolute Gasteiger partial charge is 0.0836 e. The van der Waals surface area contributed by atoms with Gasteiger partial charge in [-0.05, 0) is 32.1 Å². The quantitative estimate of drug-likeness (QED) is 0.740. The molecule has 0 bridgehead atoms. The van der Waals surface area contributed by atoms with Gasteiger partial charge in [0.15, 0.2) is 0 Å². The number of nitrogens with zero attached hydrogens (tertiary/aromatic N) is 1. The third-order valence-electron chi connectivity index (χ3n) is 4.29. The van der Waals surface area contributed by atoms with Gasteiger partial charge in [-0.3, -0.25) is 4.90 Å². The number of β-amino-alcohol motifs (C(OH)–C–C–N with tert-alkyl or cyclic N) is 1. The van der Waals surface area contributed by atoms with Gasteiger partial charge in [-0.25, -0.2) is 0 Å². The Morgan fingerprint density at radius 1 is 1.27 bits per heavy atom. The van der Waals surface area contributed by atoms with Crippen LogP contribution in [0.4, 0.5) is 0 Å². The summed E-state index contributed by atoms with van der Waals surface area (Å²) in [7, 11) is 0. The Kier molecular flexibility index (Phi) is 2.49. The van der Waals surface area contributed by atoms with Gasteiger partial charge in [-0.2, -0.15) is 0 Å². The van der Waals surface area contributed by atoms with Crippen LogP contribution in [0.25, 0.3) is 0 Å². The van der Waals surface area contributed by atoms with Gasteiger partial charge < -0.3 is 9.84 Å².